The van der Waals surface area contributed by atoms with Gasteiger partial charge < -0.3 is 15.0 Å². The van der Waals surface area contributed by atoms with E-state index in [2.05, 4.69) is 15.0 Å². The van der Waals surface area contributed by atoms with Crippen LogP contribution in [0.5, 0.6) is 0 Å². The van der Waals surface area contributed by atoms with Gasteiger partial charge in [-0.15, -0.1) is 0 Å². The van der Waals surface area contributed by atoms with Crippen LogP contribution in [0.25, 0.3) is 10.9 Å². The fourth-order valence-corrected chi connectivity index (χ4v) is 2.46. The van der Waals surface area contributed by atoms with E-state index in [1.54, 1.807) is 30.3 Å². The predicted octanol–water partition coefficient (Wildman–Crippen LogP) is 3.52. The van der Waals surface area contributed by atoms with Crippen molar-refractivity contribution in [3.8, 4) is 0 Å². The van der Waals surface area contributed by atoms with Crippen molar-refractivity contribution in [1.82, 2.24) is 4.98 Å². The summed E-state index contributed by atoms with van der Waals surface area (Å²) in [5.74, 6) is -0.668. The van der Waals surface area contributed by atoms with Gasteiger partial charge in [0.05, 0.1) is 12.7 Å². The molecule has 0 fully saturated rings. The van der Waals surface area contributed by atoms with Crippen LogP contribution >= 0.6 is 0 Å². The number of amides is 1. The Morgan fingerprint density at radius 2 is 1.87 bits per heavy atom. The molecule has 0 bridgehead atoms. The molecule has 1 heterocycles. The van der Waals surface area contributed by atoms with E-state index in [9.17, 15) is 9.59 Å². The number of aromatic amines is 1. The Balaban J connectivity index is 1.84. The maximum atomic E-state index is 12.4. The second-order valence-electron chi connectivity index (χ2n) is 5.28. The molecule has 0 spiro atoms. The Morgan fingerprint density at radius 3 is 2.65 bits per heavy atom. The van der Waals surface area contributed by atoms with Gasteiger partial charge in [-0.25, -0.2) is 4.79 Å². The van der Waals surface area contributed by atoms with Crippen LogP contribution in [0.3, 0.4) is 0 Å². The van der Waals surface area contributed by atoms with Crippen LogP contribution in [-0.2, 0) is 4.74 Å². The SMILES string of the molecule is COC(=O)c1cccc(NC(=O)c2ccc3[nH]c(C)cc3c2)c1. The smallest absolute Gasteiger partial charge is 0.337 e. The lowest BCUT2D eigenvalue weighted by molar-refractivity contribution is 0.0600. The van der Waals surface area contributed by atoms with Gasteiger partial charge in [-0.3, -0.25) is 4.79 Å². The van der Waals surface area contributed by atoms with Crippen molar-refractivity contribution >= 4 is 28.5 Å². The van der Waals surface area contributed by atoms with Gasteiger partial charge >= 0.3 is 5.97 Å². The van der Waals surface area contributed by atoms with Crippen LogP contribution in [0.1, 0.15) is 26.4 Å². The molecule has 0 aliphatic heterocycles. The summed E-state index contributed by atoms with van der Waals surface area (Å²) in [6.45, 7) is 1.97. The number of ether oxygens (including phenoxy) is 1. The van der Waals surface area contributed by atoms with Gasteiger partial charge in [0.1, 0.15) is 0 Å². The third kappa shape index (κ3) is 3.08. The number of hydrogen-bond acceptors (Lipinski definition) is 3. The molecule has 116 valence electrons. The minimum absolute atomic E-state index is 0.229. The van der Waals surface area contributed by atoms with Gasteiger partial charge in [0, 0.05) is 27.8 Å². The van der Waals surface area contributed by atoms with Gasteiger partial charge in [0.25, 0.3) is 5.91 Å². The third-order valence-corrected chi connectivity index (χ3v) is 3.56. The first-order valence-corrected chi connectivity index (χ1v) is 7.16. The second kappa shape index (κ2) is 5.96. The highest BCUT2D eigenvalue weighted by atomic mass is 16.5. The number of aryl methyl sites for hydroxylation is 1. The Labute approximate surface area is 133 Å². The van der Waals surface area contributed by atoms with Gasteiger partial charge in [0.2, 0.25) is 0 Å². The van der Waals surface area contributed by atoms with Crippen LogP contribution in [0.2, 0.25) is 0 Å². The predicted molar refractivity (Wildman–Crippen MR) is 88.8 cm³/mol. The van der Waals surface area contributed by atoms with E-state index in [0.717, 1.165) is 16.6 Å². The molecule has 0 aliphatic carbocycles. The third-order valence-electron chi connectivity index (χ3n) is 3.56. The Morgan fingerprint density at radius 1 is 1.04 bits per heavy atom. The van der Waals surface area contributed by atoms with E-state index in [0.29, 0.717) is 16.8 Å². The van der Waals surface area contributed by atoms with Crippen molar-refractivity contribution in [3.63, 3.8) is 0 Å². The summed E-state index contributed by atoms with van der Waals surface area (Å²) < 4.78 is 4.68. The lowest BCUT2D eigenvalue weighted by Gasteiger charge is -2.07. The van der Waals surface area contributed by atoms with E-state index in [1.165, 1.54) is 7.11 Å². The number of benzene rings is 2. The van der Waals surface area contributed by atoms with Gasteiger partial charge in [-0.2, -0.15) is 0 Å². The number of carbonyl (C=O) groups is 2. The number of H-pyrrole nitrogens is 1. The molecular formula is C18H16N2O3. The lowest BCUT2D eigenvalue weighted by atomic mass is 10.1. The first-order chi connectivity index (χ1) is 11.1. The molecule has 0 saturated heterocycles. The standard InChI is InChI=1S/C18H16N2O3/c1-11-8-14-9-12(6-7-16(14)19-11)17(21)20-15-5-3-4-13(10-15)18(22)23-2/h3-10,19H,1-2H3,(H,20,21). The van der Waals surface area contributed by atoms with Crippen LogP contribution in [0, 0.1) is 6.92 Å². The summed E-state index contributed by atoms with van der Waals surface area (Å²) in [6, 6.07) is 14.1. The number of carbonyl (C=O) groups excluding carboxylic acids is 2. The van der Waals surface area contributed by atoms with E-state index >= 15 is 0 Å². The van der Waals surface area contributed by atoms with E-state index < -0.39 is 5.97 Å². The lowest BCUT2D eigenvalue weighted by Crippen LogP contribution is -2.12. The van der Waals surface area contributed by atoms with E-state index in [1.807, 2.05) is 25.1 Å². The number of methoxy groups -OCH3 is 1. The van der Waals surface area contributed by atoms with Crippen LogP contribution < -0.4 is 5.32 Å². The second-order valence-corrected chi connectivity index (χ2v) is 5.28. The summed E-state index contributed by atoms with van der Waals surface area (Å²) in [4.78, 5) is 27.1. The molecule has 3 aromatic rings. The first-order valence-electron chi connectivity index (χ1n) is 7.16. The first kappa shape index (κ1) is 14.8. The monoisotopic (exact) mass is 308 g/mol. The summed E-state index contributed by atoms with van der Waals surface area (Å²) in [5, 5.41) is 3.78. The number of anilines is 1. The molecule has 0 saturated carbocycles. The molecular weight excluding hydrogens is 292 g/mol. The quantitative estimate of drug-likeness (QED) is 0.727. The molecule has 1 amide bonds. The molecule has 0 radical (unpaired) electrons. The molecule has 1 aromatic heterocycles. The van der Waals surface area contributed by atoms with Crippen LogP contribution in [0.15, 0.2) is 48.5 Å². The molecule has 23 heavy (non-hydrogen) atoms. The van der Waals surface area contributed by atoms with E-state index in [-0.39, 0.29) is 5.91 Å². The topological polar surface area (TPSA) is 71.2 Å². The molecule has 3 rings (SSSR count). The molecule has 5 heteroatoms. The summed E-state index contributed by atoms with van der Waals surface area (Å²) in [6.07, 6.45) is 0. The Bertz CT molecular complexity index is 896. The number of hydrogen-bond donors (Lipinski definition) is 2. The zero-order chi connectivity index (χ0) is 16.4. The molecule has 0 aliphatic rings. The largest absolute Gasteiger partial charge is 0.465 e. The molecule has 5 nitrogen and oxygen atoms in total. The zero-order valence-corrected chi connectivity index (χ0v) is 12.8. The normalized spacial score (nSPS) is 10.5. The Kier molecular flexibility index (Phi) is 3.85. The Hall–Kier alpha value is -3.08. The fourth-order valence-electron chi connectivity index (χ4n) is 2.46. The summed E-state index contributed by atoms with van der Waals surface area (Å²) >= 11 is 0. The molecule has 0 unspecified atom stereocenters. The average Bonchev–Trinajstić information content (AvgIpc) is 2.93. The van der Waals surface area contributed by atoms with Gasteiger partial charge in [-0.1, -0.05) is 6.07 Å². The highest BCUT2D eigenvalue weighted by Gasteiger charge is 2.10. The van der Waals surface area contributed by atoms with Crippen molar-refractivity contribution in [2.24, 2.45) is 0 Å². The summed E-state index contributed by atoms with van der Waals surface area (Å²) in [7, 11) is 1.32. The highest BCUT2D eigenvalue weighted by Crippen LogP contribution is 2.18. The number of fused-ring (bicyclic) bond motifs is 1. The average molecular weight is 308 g/mol. The minimum atomic E-state index is -0.440. The summed E-state index contributed by atoms with van der Waals surface area (Å²) in [5.41, 5.74) is 3.53. The van der Waals surface area contributed by atoms with Crippen LogP contribution in [0.4, 0.5) is 5.69 Å². The van der Waals surface area contributed by atoms with Gasteiger partial charge in [-0.05, 0) is 49.4 Å². The zero-order valence-electron chi connectivity index (χ0n) is 12.8. The van der Waals surface area contributed by atoms with Crippen LogP contribution in [-0.4, -0.2) is 24.0 Å². The van der Waals surface area contributed by atoms with Crippen molar-refractivity contribution < 1.29 is 14.3 Å². The van der Waals surface area contributed by atoms with Gasteiger partial charge in [0.15, 0.2) is 0 Å². The van der Waals surface area contributed by atoms with E-state index in [4.69, 9.17) is 0 Å². The van der Waals surface area contributed by atoms with Crippen molar-refractivity contribution in [1.29, 1.82) is 0 Å². The number of rotatable bonds is 3. The maximum absolute atomic E-state index is 12.4. The number of nitrogens with one attached hydrogen (secondary N) is 2. The van der Waals surface area contributed by atoms with Crippen molar-refractivity contribution in [2.45, 2.75) is 6.92 Å². The fraction of sp³-hybridized carbons (Fsp3) is 0.111. The highest BCUT2D eigenvalue weighted by molar-refractivity contribution is 6.06. The minimum Gasteiger partial charge on any atom is -0.465 e. The molecule has 2 aromatic carbocycles. The number of aromatic nitrogens is 1. The molecule has 2 N–H and O–H groups in total. The maximum Gasteiger partial charge on any atom is 0.337 e. The molecule has 0 atom stereocenters. The van der Waals surface area contributed by atoms with Crippen molar-refractivity contribution in [2.75, 3.05) is 12.4 Å². The number of esters is 1. The van der Waals surface area contributed by atoms with Crippen molar-refractivity contribution in [3.05, 3.63) is 65.4 Å².